The maximum Gasteiger partial charge on any atom is 0.416 e. The zero-order valence-corrected chi connectivity index (χ0v) is 16.0. The molecule has 1 aliphatic rings. The Labute approximate surface area is 165 Å². The summed E-state index contributed by atoms with van der Waals surface area (Å²) < 4.78 is 44.4. The zero-order chi connectivity index (χ0) is 20.8. The van der Waals surface area contributed by atoms with Crippen molar-refractivity contribution in [3.8, 4) is 11.3 Å². The molecule has 1 amide bonds. The minimum Gasteiger partial charge on any atom is -0.352 e. The van der Waals surface area contributed by atoms with Crippen LogP contribution in [0.2, 0.25) is 0 Å². The van der Waals surface area contributed by atoms with Crippen LogP contribution in [0.5, 0.6) is 0 Å². The summed E-state index contributed by atoms with van der Waals surface area (Å²) >= 11 is 0. The molecule has 1 fully saturated rings. The monoisotopic (exact) mass is 403 g/mol. The van der Waals surface area contributed by atoms with Crippen LogP contribution in [-0.4, -0.2) is 22.6 Å². The molecule has 1 N–H and O–H groups in total. The number of alkyl halides is 3. The molecule has 5 nitrogen and oxygen atoms in total. The predicted molar refractivity (Wildman–Crippen MR) is 101 cm³/mol. The van der Waals surface area contributed by atoms with E-state index in [1.54, 1.807) is 6.92 Å². The second-order valence-corrected chi connectivity index (χ2v) is 7.73. The van der Waals surface area contributed by atoms with E-state index < -0.39 is 11.7 Å². The molecule has 0 spiro atoms. The average molecular weight is 403 g/mol. The first kappa shape index (κ1) is 19.4. The van der Waals surface area contributed by atoms with Crippen molar-refractivity contribution in [1.82, 2.24) is 15.5 Å². The van der Waals surface area contributed by atoms with Gasteiger partial charge in [-0.05, 0) is 49.8 Å². The number of halogens is 3. The molecule has 0 saturated heterocycles. The SMILES string of the molecule is Cc1noc2nc(-c3cccc(C(F)(F)F)c3)cc(C(=O)NCC3CC(C)C3)c12. The summed E-state index contributed by atoms with van der Waals surface area (Å²) in [6.07, 6.45) is -2.31. The number of hydrogen-bond acceptors (Lipinski definition) is 4. The summed E-state index contributed by atoms with van der Waals surface area (Å²) in [6, 6.07) is 6.33. The van der Waals surface area contributed by atoms with Crippen LogP contribution in [0.15, 0.2) is 34.9 Å². The van der Waals surface area contributed by atoms with Gasteiger partial charge in [-0.3, -0.25) is 4.79 Å². The number of nitrogens with zero attached hydrogens (tertiary/aromatic N) is 2. The molecule has 4 rings (SSSR count). The van der Waals surface area contributed by atoms with Gasteiger partial charge in [0, 0.05) is 12.1 Å². The highest BCUT2D eigenvalue weighted by atomic mass is 19.4. The minimum atomic E-state index is -4.47. The fourth-order valence-corrected chi connectivity index (χ4v) is 3.84. The van der Waals surface area contributed by atoms with E-state index in [9.17, 15) is 18.0 Å². The number of benzene rings is 1. The van der Waals surface area contributed by atoms with Gasteiger partial charge in [-0.15, -0.1) is 0 Å². The molecule has 29 heavy (non-hydrogen) atoms. The summed E-state index contributed by atoms with van der Waals surface area (Å²) in [5, 5.41) is 7.27. The Bertz CT molecular complexity index is 1070. The Morgan fingerprint density at radius 2 is 2.03 bits per heavy atom. The number of rotatable bonds is 4. The molecule has 0 bridgehead atoms. The molecule has 2 aromatic heterocycles. The molecule has 0 atom stereocenters. The number of aromatic nitrogens is 2. The number of fused-ring (bicyclic) bond motifs is 1. The molecule has 2 heterocycles. The second-order valence-electron chi connectivity index (χ2n) is 7.73. The highest BCUT2D eigenvalue weighted by Crippen LogP contribution is 2.34. The van der Waals surface area contributed by atoms with E-state index in [0.29, 0.717) is 35.0 Å². The molecule has 8 heteroatoms. The number of carbonyl (C=O) groups excluding carboxylic acids is 1. The quantitative estimate of drug-likeness (QED) is 0.666. The molecule has 1 aliphatic carbocycles. The van der Waals surface area contributed by atoms with Crippen LogP contribution in [0.3, 0.4) is 0 Å². The number of hydrogen-bond donors (Lipinski definition) is 1. The van der Waals surface area contributed by atoms with Crippen molar-refractivity contribution >= 4 is 17.0 Å². The Kier molecular flexibility index (Phi) is 4.80. The lowest BCUT2D eigenvalue weighted by molar-refractivity contribution is -0.137. The molecule has 152 valence electrons. The normalized spacial score (nSPS) is 19.2. The number of carbonyl (C=O) groups is 1. The van der Waals surface area contributed by atoms with Crippen molar-refractivity contribution in [1.29, 1.82) is 0 Å². The lowest BCUT2D eigenvalue weighted by Gasteiger charge is -2.32. The zero-order valence-electron chi connectivity index (χ0n) is 16.0. The molecule has 1 aromatic carbocycles. The van der Waals surface area contributed by atoms with Gasteiger partial charge in [-0.1, -0.05) is 24.2 Å². The van der Waals surface area contributed by atoms with Gasteiger partial charge in [-0.25, -0.2) is 4.98 Å². The molecule has 3 aromatic rings. The van der Waals surface area contributed by atoms with Crippen molar-refractivity contribution in [2.75, 3.05) is 6.54 Å². The fourth-order valence-electron chi connectivity index (χ4n) is 3.84. The topological polar surface area (TPSA) is 68.0 Å². The van der Waals surface area contributed by atoms with E-state index in [1.807, 2.05) is 0 Å². The first-order valence-corrected chi connectivity index (χ1v) is 9.45. The van der Waals surface area contributed by atoms with Crippen LogP contribution in [0.4, 0.5) is 13.2 Å². The van der Waals surface area contributed by atoms with E-state index in [2.05, 4.69) is 22.4 Å². The molecule has 0 unspecified atom stereocenters. The Balaban J connectivity index is 1.71. The van der Waals surface area contributed by atoms with Gasteiger partial charge in [0.1, 0.15) is 0 Å². The summed E-state index contributed by atoms with van der Waals surface area (Å²) in [5.74, 6) is 0.826. The lowest BCUT2D eigenvalue weighted by atomic mass is 9.76. The van der Waals surface area contributed by atoms with Gasteiger partial charge in [0.15, 0.2) is 0 Å². The molecule has 0 aliphatic heterocycles. The Morgan fingerprint density at radius 3 is 2.72 bits per heavy atom. The van der Waals surface area contributed by atoms with E-state index in [1.165, 1.54) is 18.2 Å². The first-order chi connectivity index (χ1) is 13.7. The Morgan fingerprint density at radius 1 is 1.28 bits per heavy atom. The van der Waals surface area contributed by atoms with Crippen molar-refractivity contribution in [2.45, 2.75) is 32.9 Å². The third kappa shape index (κ3) is 3.83. The standard InChI is InChI=1S/C21H20F3N3O2/c1-11-6-13(7-11)10-25-19(28)16-9-17(26-20-18(16)12(2)27-29-20)14-4-3-5-15(8-14)21(22,23)24/h3-5,8-9,11,13H,6-7,10H2,1-2H3,(H,25,28). The van der Waals surface area contributed by atoms with Crippen molar-refractivity contribution in [3.05, 3.63) is 47.2 Å². The molecular formula is C21H20F3N3O2. The van der Waals surface area contributed by atoms with E-state index in [0.717, 1.165) is 25.0 Å². The highest BCUT2D eigenvalue weighted by Gasteiger charge is 2.31. The van der Waals surface area contributed by atoms with Crippen molar-refractivity contribution < 1.29 is 22.5 Å². The summed E-state index contributed by atoms with van der Waals surface area (Å²) in [7, 11) is 0. The largest absolute Gasteiger partial charge is 0.416 e. The smallest absolute Gasteiger partial charge is 0.352 e. The van der Waals surface area contributed by atoms with Crippen molar-refractivity contribution in [3.63, 3.8) is 0 Å². The third-order valence-electron chi connectivity index (χ3n) is 5.37. The van der Waals surface area contributed by atoms with Gasteiger partial charge >= 0.3 is 6.18 Å². The average Bonchev–Trinajstić information content (AvgIpc) is 3.04. The summed E-state index contributed by atoms with van der Waals surface area (Å²) in [5.41, 5.74) is 0.620. The van der Waals surface area contributed by atoms with Gasteiger partial charge in [0.25, 0.3) is 11.6 Å². The Hall–Kier alpha value is -2.90. The highest BCUT2D eigenvalue weighted by molar-refractivity contribution is 6.07. The number of aryl methyl sites for hydroxylation is 1. The third-order valence-corrected chi connectivity index (χ3v) is 5.37. The van der Waals surface area contributed by atoms with Crippen LogP contribution >= 0.6 is 0 Å². The number of nitrogens with one attached hydrogen (secondary N) is 1. The molecule has 1 saturated carbocycles. The van der Waals surface area contributed by atoms with Crippen LogP contribution in [-0.2, 0) is 6.18 Å². The van der Waals surface area contributed by atoms with Crippen LogP contribution in [0.1, 0.15) is 41.4 Å². The lowest BCUT2D eigenvalue weighted by Crippen LogP contribution is -2.35. The minimum absolute atomic E-state index is 0.125. The van der Waals surface area contributed by atoms with Gasteiger partial charge < -0.3 is 9.84 Å². The van der Waals surface area contributed by atoms with Crippen molar-refractivity contribution in [2.24, 2.45) is 11.8 Å². The fraction of sp³-hybridized carbons (Fsp3) is 0.381. The van der Waals surface area contributed by atoms with Crippen LogP contribution in [0, 0.1) is 18.8 Å². The number of amides is 1. The predicted octanol–water partition coefficient (Wildman–Crippen LogP) is 4.99. The summed E-state index contributed by atoms with van der Waals surface area (Å²) in [4.78, 5) is 17.1. The van der Waals surface area contributed by atoms with Gasteiger partial charge in [0.05, 0.1) is 27.9 Å². The molecular weight excluding hydrogens is 383 g/mol. The first-order valence-electron chi connectivity index (χ1n) is 9.45. The van der Waals surface area contributed by atoms with Gasteiger partial charge in [0.2, 0.25) is 0 Å². The second kappa shape index (κ2) is 7.17. The van der Waals surface area contributed by atoms with E-state index in [4.69, 9.17) is 4.52 Å². The maximum absolute atomic E-state index is 13.1. The van der Waals surface area contributed by atoms with Crippen LogP contribution < -0.4 is 5.32 Å². The van der Waals surface area contributed by atoms with Crippen LogP contribution in [0.25, 0.3) is 22.4 Å². The maximum atomic E-state index is 13.1. The van der Waals surface area contributed by atoms with Gasteiger partial charge in [-0.2, -0.15) is 13.2 Å². The molecule has 0 radical (unpaired) electrons. The summed E-state index contributed by atoms with van der Waals surface area (Å²) in [6.45, 7) is 4.44. The van der Waals surface area contributed by atoms with E-state index >= 15 is 0 Å². The number of pyridine rings is 1. The van der Waals surface area contributed by atoms with E-state index in [-0.39, 0.29) is 22.9 Å².